The summed E-state index contributed by atoms with van der Waals surface area (Å²) in [6, 6.07) is 0.269. The molecule has 1 rings (SSSR count). The van der Waals surface area contributed by atoms with E-state index in [0.29, 0.717) is 17.4 Å². The van der Waals surface area contributed by atoms with Crippen LogP contribution in [0.5, 0.6) is 0 Å². The first-order valence-corrected chi connectivity index (χ1v) is 8.60. The Hall–Kier alpha value is -0.600. The van der Waals surface area contributed by atoms with Gasteiger partial charge in [0.15, 0.2) is 0 Å². The van der Waals surface area contributed by atoms with Crippen LogP contribution in [0.1, 0.15) is 17.5 Å². The number of hydrogen-bond donors (Lipinski definition) is 1. The van der Waals surface area contributed by atoms with E-state index < -0.39 is 38.4 Å². The first kappa shape index (κ1) is 25.4. The van der Waals surface area contributed by atoms with Gasteiger partial charge in [0.05, 0.1) is 43.7 Å². The maximum absolute atomic E-state index is 12.8. The largest absolute Gasteiger partial charge is 1.00 e. The molecular formula is C14H19F6IN2O2S. The van der Waals surface area contributed by atoms with Gasteiger partial charge in [-0.2, -0.15) is 26.3 Å². The average molecular weight is 520 g/mol. The predicted molar refractivity (Wildman–Crippen MR) is 79.2 cm³/mol. The summed E-state index contributed by atoms with van der Waals surface area (Å²) >= 11 is 0. The zero-order valence-electron chi connectivity index (χ0n) is 14.2. The van der Waals surface area contributed by atoms with E-state index in [1.165, 1.54) is 0 Å². The number of nitrogens with one attached hydrogen (secondary N) is 1. The van der Waals surface area contributed by atoms with Gasteiger partial charge in [-0.25, -0.2) is 13.1 Å². The van der Waals surface area contributed by atoms with Crippen LogP contribution in [0.4, 0.5) is 26.3 Å². The molecule has 0 fully saturated rings. The molecule has 0 aromatic heterocycles. The summed E-state index contributed by atoms with van der Waals surface area (Å²) in [4.78, 5) is -1.07. The normalized spacial score (nSPS) is 13.4. The van der Waals surface area contributed by atoms with Crippen molar-refractivity contribution in [1.29, 1.82) is 0 Å². The van der Waals surface area contributed by atoms with Gasteiger partial charge in [0.2, 0.25) is 10.0 Å². The van der Waals surface area contributed by atoms with Crippen molar-refractivity contribution in [3.8, 4) is 0 Å². The van der Waals surface area contributed by atoms with Gasteiger partial charge in [0, 0.05) is 13.0 Å². The lowest BCUT2D eigenvalue weighted by Crippen LogP contribution is -3.00. The molecule has 0 heterocycles. The minimum atomic E-state index is -5.10. The van der Waals surface area contributed by atoms with Gasteiger partial charge in [-0.1, -0.05) is 0 Å². The SMILES string of the molecule is C[N+](C)(C)CCCNS(=O)(=O)c1cc(C(F)(F)F)cc(C(F)(F)F)c1.[I-]. The molecule has 152 valence electrons. The average Bonchev–Trinajstić information content (AvgIpc) is 2.40. The van der Waals surface area contributed by atoms with Crippen LogP contribution in [0.25, 0.3) is 0 Å². The lowest BCUT2D eigenvalue weighted by molar-refractivity contribution is -0.870. The van der Waals surface area contributed by atoms with Crippen molar-refractivity contribution in [1.82, 2.24) is 4.72 Å². The molecule has 0 unspecified atom stereocenters. The van der Waals surface area contributed by atoms with Gasteiger partial charge >= 0.3 is 12.4 Å². The van der Waals surface area contributed by atoms with Crippen LogP contribution in [0.15, 0.2) is 23.1 Å². The number of sulfonamides is 1. The number of quaternary nitrogens is 1. The van der Waals surface area contributed by atoms with Crippen molar-refractivity contribution in [2.45, 2.75) is 23.7 Å². The smallest absolute Gasteiger partial charge is 0.416 e. The van der Waals surface area contributed by atoms with Crippen molar-refractivity contribution in [2.24, 2.45) is 0 Å². The van der Waals surface area contributed by atoms with Crippen LogP contribution in [-0.2, 0) is 22.4 Å². The van der Waals surface area contributed by atoms with Crippen molar-refractivity contribution in [3.05, 3.63) is 29.3 Å². The summed E-state index contributed by atoms with van der Waals surface area (Å²) in [5.74, 6) is 0. The van der Waals surface area contributed by atoms with E-state index in [9.17, 15) is 34.8 Å². The standard InChI is InChI=1S/C14H19F6N2O2S.HI/c1-22(2,3)6-4-5-21-25(23,24)12-8-10(13(15,16)17)7-11(9-12)14(18,19)20;/h7-9,21H,4-6H2,1-3H3;1H/q+1;/p-1. The monoisotopic (exact) mass is 520 g/mol. The fourth-order valence-electron chi connectivity index (χ4n) is 1.92. The summed E-state index contributed by atoms with van der Waals surface area (Å²) < 4.78 is 103. The molecule has 0 saturated heterocycles. The number of halogens is 7. The first-order valence-electron chi connectivity index (χ1n) is 7.12. The van der Waals surface area contributed by atoms with Crippen molar-refractivity contribution in [2.75, 3.05) is 34.2 Å². The molecule has 26 heavy (non-hydrogen) atoms. The van der Waals surface area contributed by atoms with Gasteiger partial charge in [-0.05, 0) is 18.2 Å². The molecule has 0 aliphatic rings. The van der Waals surface area contributed by atoms with E-state index in [1.807, 2.05) is 25.9 Å². The van der Waals surface area contributed by atoms with Gasteiger partial charge in [0.1, 0.15) is 0 Å². The predicted octanol–water partition coefficient (Wildman–Crippen LogP) is 0.103. The summed E-state index contributed by atoms with van der Waals surface area (Å²) in [5, 5.41) is 0. The Balaban J connectivity index is 0.00000625. The molecule has 4 nitrogen and oxygen atoms in total. The molecule has 1 N–H and O–H groups in total. The highest BCUT2D eigenvalue weighted by molar-refractivity contribution is 7.89. The fourth-order valence-corrected chi connectivity index (χ4v) is 3.07. The zero-order chi connectivity index (χ0) is 19.7. The topological polar surface area (TPSA) is 46.2 Å². The third-order valence-corrected chi connectivity index (χ3v) is 4.61. The summed E-state index contributed by atoms with van der Waals surface area (Å²) in [7, 11) is 1.07. The second-order valence-electron chi connectivity index (χ2n) is 6.51. The Morgan fingerprint density at radius 2 is 1.35 bits per heavy atom. The summed E-state index contributed by atoms with van der Waals surface area (Å²) in [6.45, 7) is 0.467. The number of hydrogen-bond acceptors (Lipinski definition) is 2. The van der Waals surface area contributed by atoms with Crippen molar-refractivity contribution < 1.29 is 63.2 Å². The molecule has 0 saturated carbocycles. The second-order valence-corrected chi connectivity index (χ2v) is 8.27. The third kappa shape index (κ3) is 7.96. The second kappa shape index (κ2) is 8.61. The van der Waals surface area contributed by atoms with Crippen molar-refractivity contribution >= 4 is 10.0 Å². The molecule has 0 bridgehead atoms. The molecule has 0 amide bonds. The minimum absolute atomic E-state index is 0. The highest BCUT2D eigenvalue weighted by Crippen LogP contribution is 2.37. The van der Waals surface area contributed by atoms with Crippen LogP contribution >= 0.6 is 0 Å². The molecule has 0 radical (unpaired) electrons. The maximum atomic E-state index is 12.8. The van der Waals surface area contributed by atoms with Crippen LogP contribution in [0.3, 0.4) is 0 Å². The Bertz CT molecular complexity index is 679. The Labute approximate surface area is 165 Å². The molecule has 0 atom stereocenters. The molecule has 1 aromatic rings. The van der Waals surface area contributed by atoms with Crippen molar-refractivity contribution in [3.63, 3.8) is 0 Å². The Morgan fingerprint density at radius 3 is 1.69 bits per heavy atom. The van der Waals surface area contributed by atoms with Gasteiger partial charge in [0.25, 0.3) is 0 Å². The molecule has 12 heteroatoms. The van der Waals surface area contributed by atoms with Crippen LogP contribution in [0, 0.1) is 0 Å². The number of alkyl halides is 6. The highest BCUT2D eigenvalue weighted by atomic mass is 127. The van der Waals surface area contributed by atoms with E-state index in [1.54, 1.807) is 0 Å². The van der Waals surface area contributed by atoms with Gasteiger partial charge in [-0.3, -0.25) is 0 Å². The summed E-state index contributed by atoms with van der Waals surface area (Å²) in [6.07, 6.45) is -9.84. The number of benzene rings is 1. The fraction of sp³-hybridized carbons (Fsp3) is 0.571. The van der Waals surface area contributed by atoms with E-state index >= 15 is 0 Å². The quantitative estimate of drug-likeness (QED) is 0.251. The Morgan fingerprint density at radius 1 is 0.923 bits per heavy atom. The maximum Gasteiger partial charge on any atom is 0.416 e. The Kier molecular flexibility index (Phi) is 8.41. The first-order chi connectivity index (χ1) is 11.0. The van der Waals surface area contributed by atoms with Crippen LogP contribution in [-0.4, -0.2) is 47.1 Å². The van der Waals surface area contributed by atoms with E-state index in [2.05, 4.69) is 0 Å². The van der Waals surface area contributed by atoms with E-state index in [4.69, 9.17) is 0 Å². The van der Waals surface area contributed by atoms with Gasteiger partial charge < -0.3 is 28.5 Å². The zero-order valence-corrected chi connectivity index (χ0v) is 17.1. The highest BCUT2D eigenvalue weighted by Gasteiger charge is 2.38. The third-order valence-electron chi connectivity index (χ3n) is 3.17. The minimum Gasteiger partial charge on any atom is -1.00 e. The molecular weight excluding hydrogens is 501 g/mol. The lowest BCUT2D eigenvalue weighted by Gasteiger charge is -2.23. The molecule has 0 spiro atoms. The summed E-state index contributed by atoms with van der Waals surface area (Å²) in [5.41, 5.74) is -3.34. The van der Waals surface area contributed by atoms with E-state index in [0.717, 1.165) is 0 Å². The van der Waals surface area contributed by atoms with E-state index in [-0.39, 0.29) is 48.7 Å². The van der Waals surface area contributed by atoms with Crippen LogP contribution < -0.4 is 28.7 Å². The molecule has 1 aromatic carbocycles. The number of rotatable bonds is 6. The number of nitrogens with zero attached hydrogens (tertiary/aromatic N) is 1. The lowest BCUT2D eigenvalue weighted by atomic mass is 10.1. The molecule has 0 aliphatic carbocycles. The van der Waals surface area contributed by atoms with Crippen LogP contribution in [0.2, 0.25) is 0 Å². The molecule has 0 aliphatic heterocycles. The van der Waals surface area contributed by atoms with Gasteiger partial charge in [-0.15, -0.1) is 0 Å².